The molecule has 0 bridgehead atoms. The van der Waals surface area contributed by atoms with Crippen LogP contribution in [-0.4, -0.2) is 21.4 Å². The molecule has 0 heterocycles. The van der Waals surface area contributed by atoms with E-state index in [1.807, 2.05) is 0 Å². The Morgan fingerprint density at radius 2 is 1.96 bits per heavy atom. The van der Waals surface area contributed by atoms with Crippen molar-refractivity contribution in [2.24, 2.45) is 5.73 Å². The molecule has 3 N–H and O–H groups in total. The Morgan fingerprint density at radius 3 is 2.57 bits per heavy atom. The first-order valence-corrected chi connectivity index (χ1v) is 8.79. The van der Waals surface area contributed by atoms with Crippen LogP contribution in [-0.2, 0) is 10.0 Å². The van der Waals surface area contributed by atoms with Gasteiger partial charge in [0.25, 0.3) is 15.9 Å². The number of primary amides is 1. The fourth-order valence-electron chi connectivity index (χ4n) is 2.06. The van der Waals surface area contributed by atoms with Gasteiger partial charge in [-0.1, -0.05) is 28.1 Å². The number of rotatable bonds is 5. The molecule has 8 heteroatoms. The van der Waals surface area contributed by atoms with Gasteiger partial charge in [-0.15, -0.1) is 0 Å². The molecule has 2 aromatic rings. The molecule has 0 aromatic heterocycles. The standard InChI is InChI=1S/C15H15BrN2O4S/c1-9-4-3-5-11(15(17)19)14(9)18-23(20,21)13-8-10(16)6-7-12(13)22-2/h3-8,18H,1-2H3,(H2,17,19). The number of sulfonamides is 1. The lowest BCUT2D eigenvalue weighted by atomic mass is 10.1. The molecule has 0 aliphatic heterocycles. The lowest BCUT2D eigenvalue weighted by Gasteiger charge is -2.15. The Hall–Kier alpha value is -2.06. The van der Waals surface area contributed by atoms with E-state index >= 15 is 0 Å². The number of para-hydroxylation sites is 1. The van der Waals surface area contributed by atoms with Gasteiger partial charge in [0, 0.05) is 4.47 Å². The molecular formula is C15H15BrN2O4S. The second kappa shape index (κ2) is 6.59. The summed E-state index contributed by atoms with van der Waals surface area (Å²) < 4.78 is 33.5. The summed E-state index contributed by atoms with van der Waals surface area (Å²) in [5, 5.41) is 0. The minimum atomic E-state index is -3.97. The molecule has 122 valence electrons. The molecular weight excluding hydrogens is 384 g/mol. The first kappa shape index (κ1) is 17.3. The summed E-state index contributed by atoms with van der Waals surface area (Å²) in [5.74, 6) is -0.525. The van der Waals surface area contributed by atoms with Crippen molar-refractivity contribution < 1.29 is 17.9 Å². The number of carbonyl (C=O) groups is 1. The number of halogens is 1. The normalized spacial score (nSPS) is 11.1. The van der Waals surface area contributed by atoms with Gasteiger partial charge in [-0.3, -0.25) is 9.52 Å². The number of anilines is 1. The number of hydrogen-bond donors (Lipinski definition) is 2. The van der Waals surface area contributed by atoms with Crippen molar-refractivity contribution in [3.63, 3.8) is 0 Å². The van der Waals surface area contributed by atoms with Gasteiger partial charge >= 0.3 is 0 Å². The number of benzene rings is 2. The maximum Gasteiger partial charge on any atom is 0.265 e. The van der Waals surface area contributed by atoms with Crippen LogP contribution in [0.4, 0.5) is 5.69 Å². The highest BCUT2D eigenvalue weighted by Gasteiger charge is 2.23. The number of methoxy groups -OCH3 is 1. The van der Waals surface area contributed by atoms with Crippen molar-refractivity contribution in [1.82, 2.24) is 0 Å². The Kier molecular flexibility index (Phi) is 4.96. The summed E-state index contributed by atoms with van der Waals surface area (Å²) in [6.45, 7) is 1.68. The van der Waals surface area contributed by atoms with Crippen LogP contribution >= 0.6 is 15.9 Å². The predicted octanol–water partition coefficient (Wildman–Crippen LogP) is 2.67. The number of ether oxygens (including phenoxy) is 1. The lowest BCUT2D eigenvalue weighted by Crippen LogP contribution is -2.20. The van der Waals surface area contributed by atoms with E-state index in [-0.39, 0.29) is 21.9 Å². The number of nitrogens with one attached hydrogen (secondary N) is 1. The largest absolute Gasteiger partial charge is 0.495 e. The summed E-state index contributed by atoms with van der Waals surface area (Å²) in [6, 6.07) is 9.40. The highest BCUT2D eigenvalue weighted by atomic mass is 79.9. The average molecular weight is 399 g/mol. The van der Waals surface area contributed by atoms with Gasteiger partial charge in [0.1, 0.15) is 10.6 Å². The lowest BCUT2D eigenvalue weighted by molar-refractivity contribution is 0.100. The van der Waals surface area contributed by atoms with Gasteiger partial charge in [0.2, 0.25) is 0 Å². The number of nitrogens with two attached hydrogens (primary N) is 1. The fourth-order valence-corrected chi connectivity index (χ4v) is 3.92. The molecule has 0 saturated carbocycles. The third kappa shape index (κ3) is 3.65. The Balaban J connectivity index is 2.56. The van der Waals surface area contributed by atoms with Crippen LogP contribution in [0, 0.1) is 6.92 Å². The van der Waals surface area contributed by atoms with Gasteiger partial charge in [0.05, 0.1) is 18.4 Å². The molecule has 0 fully saturated rings. The van der Waals surface area contributed by atoms with Gasteiger partial charge < -0.3 is 10.5 Å². The summed E-state index contributed by atoms with van der Waals surface area (Å²) in [4.78, 5) is 11.5. The molecule has 6 nitrogen and oxygen atoms in total. The van der Waals surface area contributed by atoms with E-state index in [1.54, 1.807) is 25.1 Å². The first-order chi connectivity index (χ1) is 10.8. The van der Waals surface area contributed by atoms with Crippen LogP contribution < -0.4 is 15.2 Å². The summed E-state index contributed by atoms with van der Waals surface area (Å²) in [5.41, 5.74) is 6.15. The van der Waals surface area contributed by atoms with Crippen LogP contribution in [0.3, 0.4) is 0 Å². The van der Waals surface area contributed by atoms with Crippen LogP contribution in [0.2, 0.25) is 0 Å². The maximum absolute atomic E-state index is 12.7. The third-order valence-corrected chi connectivity index (χ3v) is 5.05. The maximum atomic E-state index is 12.7. The number of hydrogen-bond acceptors (Lipinski definition) is 4. The van der Waals surface area contributed by atoms with Crippen LogP contribution in [0.1, 0.15) is 15.9 Å². The van der Waals surface area contributed by atoms with E-state index in [0.29, 0.717) is 10.0 Å². The Morgan fingerprint density at radius 1 is 1.26 bits per heavy atom. The quantitative estimate of drug-likeness (QED) is 0.808. The van der Waals surface area contributed by atoms with E-state index in [0.717, 1.165) is 0 Å². The molecule has 0 spiro atoms. The highest BCUT2D eigenvalue weighted by Crippen LogP contribution is 2.30. The van der Waals surface area contributed by atoms with Crippen LogP contribution in [0.15, 0.2) is 45.8 Å². The van der Waals surface area contributed by atoms with Gasteiger partial charge in [-0.25, -0.2) is 8.42 Å². The predicted molar refractivity (Wildman–Crippen MR) is 91.2 cm³/mol. The minimum absolute atomic E-state index is 0.0481. The van der Waals surface area contributed by atoms with Crippen molar-refractivity contribution >= 4 is 37.5 Å². The number of carbonyl (C=O) groups excluding carboxylic acids is 1. The second-order valence-corrected chi connectivity index (χ2v) is 7.33. The average Bonchev–Trinajstić information content (AvgIpc) is 2.49. The SMILES string of the molecule is COc1ccc(Br)cc1S(=O)(=O)Nc1c(C)cccc1C(N)=O. The molecule has 0 saturated heterocycles. The van der Waals surface area contributed by atoms with Crippen LogP contribution in [0.25, 0.3) is 0 Å². The molecule has 0 radical (unpaired) electrons. The number of amides is 1. The first-order valence-electron chi connectivity index (χ1n) is 6.52. The zero-order chi connectivity index (χ0) is 17.2. The monoisotopic (exact) mass is 398 g/mol. The van der Waals surface area contributed by atoms with Crippen molar-refractivity contribution in [1.29, 1.82) is 0 Å². The zero-order valence-electron chi connectivity index (χ0n) is 12.5. The van der Waals surface area contributed by atoms with Crippen LogP contribution in [0.5, 0.6) is 5.75 Å². The van der Waals surface area contributed by atoms with Gasteiger partial charge in [0.15, 0.2) is 0 Å². The van der Waals surface area contributed by atoms with Crippen molar-refractivity contribution in [3.8, 4) is 5.75 Å². The minimum Gasteiger partial charge on any atom is -0.495 e. The molecule has 1 amide bonds. The summed E-state index contributed by atoms with van der Waals surface area (Å²) in [6.07, 6.45) is 0. The molecule has 0 atom stereocenters. The van der Waals surface area contributed by atoms with E-state index in [1.165, 1.54) is 25.3 Å². The van der Waals surface area contributed by atoms with E-state index in [4.69, 9.17) is 10.5 Å². The molecule has 23 heavy (non-hydrogen) atoms. The van der Waals surface area contributed by atoms with E-state index in [9.17, 15) is 13.2 Å². The van der Waals surface area contributed by atoms with E-state index < -0.39 is 15.9 Å². The highest BCUT2D eigenvalue weighted by molar-refractivity contribution is 9.10. The third-order valence-electron chi connectivity index (χ3n) is 3.19. The summed E-state index contributed by atoms with van der Waals surface area (Å²) >= 11 is 3.23. The van der Waals surface area contributed by atoms with Gasteiger partial charge in [-0.05, 0) is 36.8 Å². The van der Waals surface area contributed by atoms with Gasteiger partial charge in [-0.2, -0.15) is 0 Å². The molecule has 0 aliphatic rings. The molecule has 2 rings (SSSR count). The molecule has 0 unspecified atom stereocenters. The zero-order valence-corrected chi connectivity index (χ0v) is 14.9. The Labute approximate surface area is 142 Å². The molecule has 2 aromatic carbocycles. The van der Waals surface area contributed by atoms with Crippen molar-refractivity contribution in [3.05, 3.63) is 52.0 Å². The number of aryl methyl sites for hydroxylation is 1. The summed E-state index contributed by atoms with van der Waals surface area (Å²) in [7, 11) is -2.59. The smallest absolute Gasteiger partial charge is 0.265 e. The van der Waals surface area contributed by atoms with E-state index in [2.05, 4.69) is 20.7 Å². The second-order valence-electron chi connectivity index (χ2n) is 4.76. The fraction of sp³-hybridized carbons (Fsp3) is 0.133. The van der Waals surface area contributed by atoms with Crippen molar-refractivity contribution in [2.45, 2.75) is 11.8 Å². The Bertz CT molecular complexity index is 866. The van der Waals surface area contributed by atoms with Crippen molar-refractivity contribution in [2.75, 3.05) is 11.8 Å². The topological polar surface area (TPSA) is 98.5 Å². The molecule has 0 aliphatic carbocycles.